The number of anilines is 2. The number of oxazole rings is 1. The molecule has 0 aliphatic heterocycles. The van der Waals surface area contributed by atoms with E-state index in [1.165, 1.54) is 19.3 Å². The minimum atomic E-state index is 0.387. The van der Waals surface area contributed by atoms with Gasteiger partial charge in [0.05, 0.1) is 15.6 Å². The smallest absolute Gasteiger partial charge is 0.198 e. The Labute approximate surface area is 172 Å². The molecular formula is C22H19Cl2N3O. The van der Waals surface area contributed by atoms with Gasteiger partial charge in [-0.15, -0.1) is 0 Å². The Balaban J connectivity index is 1.65. The fourth-order valence-corrected chi connectivity index (χ4v) is 4.24. The van der Waals surface area contributed by atoms with E-state index < -0.39 is 0 Å². The van der Waals surface area contributed by atoms with Crippen molar-refractivity contribution in [1.82, 2.24) is 9.97 Å². The molecule has 0 atom stereocenters. The molecule has 0 unspecified atom stereocenters. The largest absolute Gasteiger partial charge is 0.440 e. The SMILES string of the molecule is Clc1ccc(Nc2nc3ccccc3c3oc(C4CCCCC4)nc23)cc1Cl. The number of fused-ring (bicyclic) bond motifs is 3. The first kappa shape index (κ1) is 17.8. The Hall–Kier alpha value is -2.30. The van der Waals surface area contributed by atoms with E-state index in [4.69, 9.17) is 37.6 Å². The lowest BCUT2D eigenvalue weighted by Gasteiger charge is -2.17. The lowest BCUT2D eigenvalue weighted by Crippen LogP contribution is -2.04. The predicted octanol–water partition coefficient (Wildman–Crippen LogP) is 7.47. The third-order valence-electron chi connectivity index (χ3n) is 5.39. The van der Waals surface area contributed by atoms with Gasteiger partial charge < -0.3 is 9.73 Å². The van der Waals surface area contributed by atoms with Gasteiger partial charge in [-0.1, -0.05) is 54.6 Å². The lowest BCUT2D eigenvalue weighted by atomic mass is 9.89. The van der Waals surface area contributed by atoms with E-state index in [0.717, 1.165) is 46.4 Å². The van der Waals surface area contributed by atoms with Gasteiger partial charge in [-0.05, 0) is 43.2 Å². The number of para-hydroxylation sites is 1. The molecule has 142 valence electrons. The maximum Gasteiger partial charge on any atom is 0.198 e. The van der Waals surface area contributed by atoms with Crippen LogP contribution in [0.1, 0.15) is 43.9 Å². The number of nitrogens with one attached hydrogen (secondary N) is 1. The van der Waals surface area contributed by atoms with Gasteiger partial charge >= 0.3 is 0 Å². The quantitative estimate of drug-likeness (QED) is 0.379. The van der Waals surface area contributed by atoms with Crippen LogP contribution in [0.4, 0.5) is 11.5 Å². The van der Waals surface area contributed by atoms with E-state index in [9.17, 15) is 0 Å². The normalized spacial score (nSPS) is 15.4. The summed E-state index contributed by atoms with van der Waals surface area (Å²) < 4.78 is 6.30. The molecule has 1 aliphatic carbocycles. The molecule has 28 heavy (non-hydrogen) atoms. The number of aromatic nitrogens is 2. The summed E-state index contributed by atoms with van der Waals surface area (Å²) in [6, 6.07) is 13.4. The zero-order valence-electron chi connectivity index (χ0n) is 15.2. The van der Waals surface area contributed by atoms with Gasteiger partial charge in [0.25, 0.3) is 0 Å². The summed E-state index contributed by atoms with van der Waals surface area (Å²) >= 11 is 12.2. The van der Waals surface area contributed by atoms with Crippen LogP contribution in [0.5, 0.6) is 0 Å². The van der Waals surface area contributed by atoms with Gasteiger partial charge in [-0.25, -0.2) is 9.97 Å². The third kappa shape index (κ3) is 3.21. The van der Waals surface area contributed by atoms with Gasteiger partial charge in [-0.3, -0.25) is 0 Å². The van der Waals surface area contributed by atoms with Crippen LogP contribution in [-0.2, 0) is 0 Å². The molecule has 1 N–H and O–H groups in total. The minimum absolute atomic E-state index is 0.387. The van der Waals surface area contributed by atoms with Crippen molar-refractivity contribution in [3.8, 4) is 0 Å². The van der Waals surface area contributed by atoms with Crippen LogP contribution in [0.3, 0.4) is 0 Å². The second-order valence-corrected chi connectivity index (χ2v) is 8.11. The second kappa shape index (κ2) is 7.26. The topological polar surface area (TPSA) is 51.0 Å². The van der Waals surface area contributed by atoms with Crippen molar-refractivity contribution in [2.75, 3.05) is 5.32 Å². The molecule has 2 heterocycles. The molecule has 1 aliphatic rings. The standard InChI is InChI=1S/C22H19Cl2N3O/c23-16-11-10-14(12-17(16)24)25-21-19-20(15-8-4-5-9-18(15)26-21)28-22(27-19)13-6-2-1-3-7-13/h4-5,8-13H,1-3,6-7H2,(H,25,26). The summed E-state index contributed by atoms with van der Waals surface area (Å²) in [5.74, 6) is 1.88. The number of hydrogen-bond acceptors (Lipinski definition) is 4. The summed E-state index contributed by atoms with van der Waals surface area (Å²) in [6.07, 6.45) is 6.03. The highest BCUT2D eigenvalue weighted by molar-refractivity contribution is 6.42. The van der Waals surface area contributed by atoms with E-state index in [-0.39, 0.29) is 0 Å². The number of hydrogen-bond donors (Lipinski definition) is 1. The molecule has 0 saturated heterocycles. The summed E-state index contributed by atoms with van der Waals surface area (Å²) in [7, 11) is 0. The average Bonchev–Trinajstić information content (AvgIpc) is 3.18. The van der Waals surface area contributed by atoms with E-state index in [1.54, 1.807) is 12.1 Å². The van der Waals surface area contributed by atoms with Crippen molar-refractivity contribution in [3.63, 3.8) is 0 Å². The average molecular weight is 412 g/mol. The highest BCUT2D eigenvalue weighted by Gasteiger charge is 2.23. The Morgan fingerprint density at radius 1 is 0.929 bits per heavy atom. The fraction of sp³-hybridized carbons (Fsp3) is 0.273. The molecule has 1 saturated carbocycles. The first-order valence-corrected chi connectivity index (χ1v) is 10.4. The Morgan fingerprint density at radius 3 is 2.57 bits per heavy atom. The van der Waals surface area contributed by atoms with Crippen LogP contribution in [-0.4, -0.2) is 9.97 Å². The van der Waals surface area contributed by atoms with Gasteiger partial charge in [0.1, 0.15) is 0 Å². The summed E-state index contributed by atoms with van der Waals surface area (Å²) in [4.78, 5) is 9.67. The molecule has 0 bridgehead atoms. The molecule has 0 spiro atoms. The molecule has 2 aromatic heterocycles. The van der Waals surface area contributed by atoms with Crippen molar-refractivity contribution >= 4 is 56.7 Å². The summed E-state index contributed by atoms with van der Waals surface area (Å²) in [5.41, 5.74) is 3.21. The first-order valence-electron chi connectivity index (χ1n) is 9.60. The monoisotopic (exact) mass is 411 g/mol. The maximum absolute atomic E-state index is 6.30. The minimum Gasteiger partial charge on any atom is -0.440 e. The zero-order chi connectivity index (χ0) is 19.1. The Kier molecular flexibility index (Phi) is 4.61. The molecule has 1 fully saturated rings. The van der Waals surface area contributed by atoms with Crippen molar-refractivity contribution < 1.29 is 4.42 Å². The molecule has 5 rings (SSSR count). The maximum atomic E-state index is 6.30. The molecule has 0 amide bonds. The number of benzene rings is 2. The van der Waals surface area contributed by atoms with Crippen LogP contribution >= 0.6 is 23.2 Å². The Morgan fingerprint density at radius 2 is 1.75 bits per heavy atom. The van der Waals surface area contributed by atoms with Crippen LogP contribution < -0.4 is 5.32 Å². The number of nitrogens with zero attached hydrogens (tertiary/aromatic N) is 2. The number of pyridine rings is 1. The van der Waals surface area contributed by atoms with Gasteiger partial charge in [0, 0.05) is 17.0 Å². The molecule has 4 nitrogen and oxygen atoms in total. The van der Waals surface area contributed by atoms with Crippen LogP contribution in [0.2, 0.25) is 10.0 Å². The number of halogens is 2. The van der Waals surface area contributed by atoms with Crippen LogP contribution in [0, 0.1) is 0 Å². The van der Waals surface area contributed by atoms with E-state index in [0.29, 0.717) is 21.8 Å². The molecule has 6 heteroatoms. The van der Waals surface area contributed by atoms with Gasteiger partial charge in [0.2, 0.25) is 0 Å². The molecule has 2 aromatic carbocycles. The van der Waals surface area contributed by atoms with E-state index in [2.05, 4.69) is 5.32 Å². The van der Waals surface area contributed by atoms with Gasteiger partial charge in [0.15, 0.2) is 22.8 Å². The summed E-state index contributed by atoms with van der Waals surface area (Å²) in [5, 5.41) is 5.34. The van der Waals surface area contributed by atoms with Crippen molar-refractivity contribution in [3.05, 3.63) is 58.4 Å². The van der Waals surface area contributed by atoms with Crippen molar-refractivity contribution in [1.29, 1.82) is 0 Å². The molecule has 4 aromatic rings. The fourth-order valence-electron chi connectivity index (χ4n) is 3.94. The summed E-state index contributed by atoms with van der Waals surface area (Å²) in [6.45, 7) is 0. The first-order chi connectivity index (χ1) is 13.7. The predicted molar refractivity (Wildman–Crippen MR) is 115 cm³/mol. The lowest BCUT2D eigenvalue weighted by molar-refractivity contribution is 0.374. The van der Waals surface area contributed by atoms with Crippen molar-refractivity contribution in [2.45, 2.75) is 38.0 Å². The zero-order valence-corrected chi connectivity index (χ0v) is 16.7. The number of rotatable bonds is 3. The molecular weight excluding hydrogens is 393 g/mol. The third-order valence-corrected chi connectivity index (χ3v) is 6.12. The highest BCUT2D eigenvalue weighted by atomic mass is 35.5. The van der Waals surface area contributed by atoms with Gasteiger partial charge in [-0.2, -0.15) is 0 Å². The Bertz CT molecular complexity index is 1170. The van der Waals surface area contributed by atoms with E-state index in [1.807, 2.05) is 30.3 Å². The second-order valence-electron chi connectivity index (χ2n) is 7.30. The van der Waals surface area contributed by atoms with Crippen LogP contribution in [0.15, 0.2) is 46.9 Å². The van der Waals surface area contributed by atoms with E-state index >= 15 is 0 Å². The van der Waals surface area contributed by atoms with Crippen molar-refractivity contribution in [2.24, 2.45) is 0 Å². The highest BCUT2D eigenvalue weighted by Crippen LogP contribution is 2.38. The molecule has 0 radical (unpaired) electrons. The van der Waals surface area contributed by atoms with Crippen LogP contribution in [0.25, 0.3) is 22.0 Å².